The van der Waals surface area contributed by atoms with Gasteiger partial charge in [-0.15, -0.1) is 0 Å². The van der Waals surface area contributed by atoms with E-state index < -0.39 is 46.0 Å². The second-order valence-corrected chi connectivity index (χ2v) is 8.55. The molecule has 9 heteroatoms. The van der Waals surface area contributed by atoms with Crippen LogP contribution in [0.15, 0.2) is 41.5 Å². The number of hydrogen-bond acceptors (Lipinski definition) is 9. The fourth-order valence-corrected chi connectivity index (χ4v) is 5.55. The highest BCUT2D eigenvalue weighted by atomic mass is 16.6. The van der Waals surface area contributed by atoms with Gasteiger partial charge in [0.1, 0.15) is 5.57 Å². The number of carbonyl (C=O) groups excluding carboxylic acids is 4. The summed E-state index contributed by atoms with van der Waals surface area (Å²) in [6, 6.07) is 9.47. The Hall–Kier alpha value is -3.04. The summed E-state index contributed by atoms with van der Waals surface area (Å²) in [5.74, 6) is -3.52. The van der Waals surface area contributed by atoms with Crippen molar-refractivity contribution in [3.8, 4) is 0 Å². The molecule has 0 unspecified atom stereocenters. The monoisotopic (exact) mass is 457 g/mol. The van der Waals surface area contributed by atoms with Gasteiger partial charge in [-0.05, 0) is 32.3 Å². The number of esters is 3. The van der Waals surface area contributed by atoms with E-state index in [9.17, 15) is 19.2 Å². The Kier molecular flexibility index (Phi) is 5.66. The van der Waals surface area contributed by atoms with Crippen LogP contribution < -0.4 is 0 Å². The minimum absolute atomic E-state index is 0.0450. The Balaban J connectivity index is 2.02. The van der Waals surface area contributed by atoms with E-state index in [0.29, 0.717) is 25.9 Å². The topological polar surface area (TPSA) is 108 Å². The third-order valence-corrected chi connectivity index (χ3v) is 6.92. The standard InChI is InChI=1S/C24H27NO8/c1-5-32-21(29)23-16(18(26)30-3)17(19(27)31-4)24(33-23)22(2,20(23)28)12-9-13-25(24)14-15-10-7-6-8-11-15/h6-8,10-11H,5,9,12-14H2,1-4H3/t22-,23+,24-/m0/s1. The Morgan fingerprint density at radius 3 is 2.30 bits per heavy atom. The van der Waals surface area contributed by atoms with E-state index in [1.165, 1.54) is 7.11 Å². The maximum absolute atomic E-state index is 14.0. The zero-order chi connectivity index (χ0) is 24.0. The third kappa shape index (κ3) is 2.85. The Morgan fingerprint density at radius 1 is 1.06 bits per heavy atom. The smallest absolute Gasteiger partial charge is 0.351 e. The third-order valence-electron chi connectivity index (χ3n) is 6.92. The summed E-state index contributed by atoms with van der Waals surface area (Å²) in [7, 11) is 2.28. The van der Waals surface area contributed by atoms with Crippen LogP contribution in [0.3, 0.4) is 0 Å². The summed E-state index contributed by atoms with van der Waals surface area (Å²) in [6.45, 7) is 3.99. The molecule has 1 aromatic rings. The maximum atomic E-state index is 14.0. The van der Waals surface area contributed by atoms with Gasteiger partial charge in [0, 0.05) is 13.1 Å². The van der Waals surface area contributed by atoms with Crippen molar-refractivity contribution in [2.75, 3.05) is 27.4 Å². The van der Waals surface area contributed by atoms with Gasteiger partial charge in [-0.1, -0.05) is 30.3 Å². The van der Waals surface area contributed by atoms with E-state index in [4.69, 9.17) is 18.9 Å². The molecule has 0 amide bonds. The van der Waals surface area contributed by atoms with Gasteiger partial charge in [-0.3, -0.25) is 9.69 Å². The quantitative estimate of drug-likeness (QED) is 0.357. The molecule has 0 radical (unpaired) electrons. The number of fused-ring (bicyclic) bond motifs is 1. The van der Waals surface area contributed by atoms with Gasteiger partial charge < -0.3 is 18.9 Å². The molecule has 2 bridgehead atoms. The summed E-state index contributed by atoms with van der Waals surface area (Å²) < 4.78 is 21.5. The molecule has 33 heavy (non-hydrogen) atoms. The number of methoxy groups -OCH3 is 2. The van der Waals surface area contributed by atoms with Gasteiger partial charge in [0.25, 0.3) is 5.60 Å². The van der Waals surface area contributed by atoms with E-state index in [1.807, 2.05) is 35.2 Å². The summed E-state index contributed by atoms with van der Waals surface area (Å²) in [5.41, 5.74) is -5.12. The first kappa shape index (κ1) is 23.1. The molecule has 3 atom stereocenters. The molecule has 1 aromatic carbocycles. The Labute approximate surface area is 191 Å². The van der Waals surface area contributed by atoms with Crippen molar-refractivity contribution in [3.63, 3.8) is 0 Å². The van der Waals surface area contributed by atoms with Crippen molar-refractivity contribution in [1.29, 1.82) is 0 Å². The lowest BCUT2D eigenvalue weighted by atomic mass is 9.59. The number of benzene rings is 1. The van der Waals surface area contributed by atoms with Crippen molar-refractivity contribution in [2.45, 2.75) is 44.6 Å². The van der Waals surface area contributed by atoms with Crippen LogP contribution in [0.5, 0.6) is 0 Å². The molecule has 3 aliphatic heterocycles. The van der Waals surface area contributed by atoms with Crippen molar-refractivity contribution in [1.82, 2.24) is 4.90 Å². The SMILES string of the molecule is CCOC(=O)[C@@]12O[C@]3(C(C(=O)OC)=C1C(=O)OC)N(Cc1ccccc1)CCC[C@@]3(C)C2=O. The summed E-state index contributed by atoms with van der Waals surface area (Å²) in [6.07, 6.45) is 0.980. The number of likely N-dealkylation sites (tertiary alicyclic amines) is 1. The van der Waals surface area contributed by atoms with Crippen LogP contribution in [0.4, 0.5) is 0 Å². The zero-order valence-electron chi connectivity index (χ0n) is 19.1. The van der Waals surface area contributed by atoms with Crippen LogP contribution in [0, 0.1) is 5.41 Å². The van der Waals surface area contributed by atoms with Gasteiger partial charge in [-0.25, -0.2) is 14.4 Å². The number of ketones is 1. The molecule has 176 valence electrons. The molecule has 0 aliphatic carbocycles. The molecule has 0 saturated carbocycles. The summed E-state index contributed by atoms with van der Waals surface area (Å²) >= 11 is 0. The summed E-state index contributed by atoms with van der Waals surface area (Å²) in [5, 5.41) is 0. The average molecular weight is 457 g/mol. The van der Waals surface area contributed by atoms with E-state index in [1.54, 1.807) is 13.8 Å². The first-order valence-corrected chi connectivity index (χ1v) is 10.9. The molecule has 0 aromatic heterocycles. The first-order valence-electron chi connectivity index (χ1n) is 10.9. The fourth-order valence-electron chi connectivity index (χ4n) is 5.55. The molecule has 2 saturated heterocycles. The number of piperidine rings is 1. The number of hydrogen-bond donors (Lipinski definition) is 0. The fraction of sp³-hybridized carbons (Fsp3) is 0.500. The highest BCUT2D eigenvalue weighted by molar-refractivity contribution is 6.26. The van der Waals surface area contributed by atoms with Crippen LogP contribution in [0.1, 0.15) is 32.3 Å². The van der Waals surface area contributed by atoms with Gasteiger partial charge in [0.2, 0.25) is 0 Å². The van der Waals surface area contributed by atoms with Crippen LogP contribution in [0.2, 0.25) is 0 Å². The highest BCUT2D eigenvalue weighted by Gasteiger charge is 2.84. The highest BCUT2D eigenvalue weighted by Crippen LogP contribution is 2.66. The summed E-state index contributed by atoms with van der Waals surface area (Å²) in [4.78, 5) is 55.3. The van der Waals surface area contributed by atoms with Crippen LogP contribution in [0.25, 0.3) is 0 Å². The second-order valence-electron chi connectivity index (χ2n) is 8.55. The van der Waals surface area contributed by atoms with Crippen molar-refractivity contribution < 1.29 is 38.1 Å². The van der Waals surface area contributed by atoms with E-state index in [0.717, 1.165) is 12.7 Å². The minimum atomic E-state index is -2.40. The lowest BCUT2D eigenvalue weighted by Gasteiger charge is -2.52. The normalized spacial score (nSPS) is 30.7. The van der Waals surface area contributed by atoms with Gasteiger partial charge in [-0.2, -0.15) is 0 Å². The van der Waals surface area contributed by atoms with Crippen LogP contribution in [-0.2, 0) is 44.7 Å². The number of ether oxygens (including phenoxy) is 4. The second kappa shape index (κ2) is 8.07. The molecule has 0 N–H and O–H groups in total. The van der Waals surface area contributed by atoms with Crippen molar-refractivity contribution >= 4 is 23.7 Å². The number of nitrogens with zero attached hydrogens (tertiary/aromatic N) is 1. The van der Waals surface area contributed by atoms with E-state index in [-0.39, 0.29) is 12.2 Å². The maximum Gasteiger partial charge on any atom is 0.351 e. The minimum Gasteiger partial charge on any atom is -0.466 e. The molecule has 3 heterocycles. The Bertz CT molecular complexity index is 1050. The molecule has 1 spiro atoms. The van der Waals surface area contributed by atoms with Crippen molar-refractivity contribution in [2.24, 2.45) is 5.41 Å². The first-order chi connectivity index (χ1) is 15.7. The number of Topliss-reactive ketones (excluding diaryl/α,β-unsaturated/α-hetero) is 1. The average Bonchev–Trinajstić information content (AvgIpc) is 3.25. The zero-order valence-corrected chi connectivity index (χ0v) is 19.1. The molecule has 4 rings (SSSR count). The lowest BCUT2D eigenvalue weighted by Crippen LogP contribution is -2.65. The largest absolute Gasteiger partial charge is 0.466 e. The Morgan fingerprint density at radius 2 is 1.70 bits per heavy atom. The molecule has 2 fully saturated rings. The molecule has 3 aliphatic rings. The van der Waals surface area contributed by atoms with Gasteiger partial charge in [0.05, 0.1) is 31.8 Å². The van der Waals surface area contributed by atoms with Crippen molar-refractivity contribution in [3.05, 3.63) is 47.0 Å². The lowest BCUT2D eigenvalue weighted by molar-refractivity contribution is -0.203. The molecular weight excluding hydrogens is 430 g/mol. The predicted octanol–water partition coefficient (Wildman–Crippen LogP) is 1.54. The molecular formula is C24H27NO8. The van der Waals surface area contributed by atoms with Gasteiger partial charge >= 0.3 is 17.9 Å². The molecule has 9 nitrogen and oxygen atoms in total. The van der Waals surface area contributed by atoms with Gasteiger partial charge in [0.15, 0.2) is 11.5 Å². The van der Waals surface area contributed by atoms with Crippen LogP contribution in [-0.4, -0.2) is 67.3 Å². The number of rotatable bonds is 6. The number of carbonyl (C=O) groups is 4. The van der Waals surface area contributed by atoms with E-state index in [2.05, 4.69) is 0 Å². The van der Waals surface area contributed by atoms with E-state index >= 15 is 0 Å². The van der Waals surface area contributed by atoms with Crippen LogP contribution >= 0.6 is 0 Å². The predicted molar refractivity (Wildman–Crippen MR) is 113 cm³/mol.